The fourth-order valence-electron chi connectivity index (χ4n) is 3.20. The number of aromatic nitrogens is 2. The van der Waals surface area contributed by atoms with Crippen LogP contribution in [0.2, 0.25) is 0 Å². The van der Waals surface area contributed by atoms with Crippen LogP contribution in [0.1, 0.15) is 37.4 Å². The van der Waals surface area contributed by atoms with Crippen molar-refractivity contribution in [1.29, 1.82) is 0 Å². The van der Waals surface area contributed by atoms with E-state index in [4.69, 9.17) is 4.52 Å². The molecule has 0 amide bonds. The Bertz CT molecular complexity index is 433. The number of rotatable bonds is 4. The quantitative estimate of drug-likeness (QED) is 0.826. The Morgan fingerprint density at radius 1 is 1.05 bits per heavy atom. The van der Waals surface area contributed by atoms with Crippen molar-refractivity contribution >= 4 is 0 Å². The van der Waals surface area contributed by atoms with E-state index in [0.717, 1.165) is 76.9 Å². The van der Waals surface area contributed by atoms with Gasteiger partial charge in [0.2, 0.25) is 5.89 Å². The lowest BCUT2D eigenvalue weighted by molar-refractivity contribution is 0.144. The Kier molecular flexibility index (Phi) is 4.87. The smallest absolute Gasteiger partial charge is 0.229 e. The van der Waals surface area contributed by atoms with Crippen LogP contribution in [0.25, 0.3) is 0 Å². The molecule has 0 spiro atoms. The van der Waals surface area contributed by atoms with Crippen LogP contribution in [0.15, 0.2) is 4.52 Å². The van der Waals surface area contributed by atoms with Crippen molar-refractivity contribution in [1.82, 2.24) is 24.8 Å². The van der Waals surface area contributed by atoms with Crippen LogP contribution in [-0.2, 0) is 6.54 Å². The van der Waals surface area contributed by atoms with Gasteiger partial charge in [0.1, 0.15) is 0 Å². The summed E-state index contributed by atoms with van der Waals surface area (Å²) >= 11 is 0. The zero-order valence-electron chi connectivity index (χ0n) is 13.3. The van der Waals surface area contributed by atoms with Gasteiger partial charge < -0.3 is 14.3 Å². The average molecular weight is 293 g/mol. The predicted octanol–water partition coefficient (Wildman–Crippen LogP) is 1.02. The van der Waals surface area contributed by atoms with E-state index in [-0.39, 0.29) is 0 Å². The maximum Gasteiger partial charge on any atom is 0.229 e. The first-order valence-corrected chi connectivity index (χ1v) is 8.20. The van der Waals surface area contributed by atoms with E-state index in [1.54, 1.807) is 0 Å². The number of piperazine rings is 1. The summed E-state index contributed by atoms with van der Waals surface area (Å²) < 4.78 is 5.52. The number of likely N-dealkylation sites (tertiary alicyclic amines) is 1. The summed E-state index contributed by atoms with van der Waals surface area (Å²) in [6.07, 6.45) is 2.29. The zero-order valence-corrected chi connectivity index (χ0v) is 13.3. The molecule has 21 heavy (non-hydrogen) atoms. The molecule has 3 rings (SSSR count). The van der Waals surface area contributed by atoms with Gasteiger partial charge in [0.25, 0.3) is 0 Å². The summed E-state index contributed by atoms with van der Waals surface area (Å²) in [5.41, 5.74) is 0. The second-order valence-electron chi connectivity index (χ2n) is 6.34. The average Bonchev–Trinajstić information content (AvgIpc) is 2.98. The lowest BCUT2D eigenvalue weighted by Crippen LogP contribution is -2.44. The minimum atomic E-state index is 0.460. The molecule has 0 aromatic carbocycles. The number of hydrogen-bond acceptors (Lipinski definition) is 6. The molecule has 6 nitrogen and oxygen atoms in total. The molecule has 0 saturated carbocycles. The third-order valence-electron chi connectivity index (χ3n) is 4.83. The van der Waals surface area contributed by atoms with Gasteiger partial charge in [-0.25, -0.2) is 0 Å². The second-order valence-corrected chi connectivity index (χ2v) is 6.34. The van der Waals surface area contributed by atoms with Gasteiger partial charge >= 0.3 is 0 Å². The van der Waals surface area contributed by atoms with Gasteiger partial charge in [-0.2, -0.15) is 4.98 Å². The van der Waals surface area contributed by atoms with Crippen molar-refractivity contribution in [3.05, 3.63) is 11.7 Å². The number of piperidine rings is 1. The highest BCUT2D eigenvalue weighted by Crippen LogP contribution is 2.26. The fraction of sp³-hybridized carbons (Fsp3) is 0.867. The Balaban J connectivity index is 1.52. The van der Waals surface area contributed by atoms with Crippen LogP contribution >= 0.6 is 0 Å². The lowest BCUT2D eigenvalue weighted by atomic mass is 9.97. The molecule has 2 aliphatic rings. The Morgan fingerprint density at radius 2 is 1.76 bits per heavy atom. The molecule has 2 fully saturated rings. The second kappa shape index (κ2) is 6.85. The van der Waals surface area contributed by atoms with Gasteiger partial charge in [-0.3, -0.25) is 4.90 Å². The van der Waals surface area contributed by atoms with Crippen molar-refractivity contribution in [2.24, 2.45) is 0 Å². The molecule has 0 N–H and O–H groups in total. The van der Waals surface area contributed by atoms with Gasteiger partial charge in [-0.1, -0.05) is 12.1 Å². The maximum atomic E-state index is 5.52. The maximum absolute atomic E-state index is 5.52. The van der Waals surface area contributed by atoms with E-state index < -0.39 is 0 Å². The van der Waals surface area contributed by atoms with Gasteiger partial charge in [-0.05, 0) is 39.5 Å². The van der Waals surface area contributed by atoms with E-state index >= 15 is 0 Å². The van der Waals surface area contributed by atoms with Gasteiger partial charge in [0.05, 0.1) is 6.54 Å². The van der Waals surface area contributed by atoms with E-state index in [1.807, 2.05) is 0 Å². The Hall–Kier alpha value is -0.980. The Morgan fingerprint density at radius 3 is 2.43 bits per heavy atom. The molecule has 0 radical (unpaired) electrons. The zero-order chi connectivity index (χ0) is 14.7. The third kappa shape index (κ3) is 3.81. The van der Waals surface area contributed by atoms with Gasteiger partial charge in [0, 0.05) is 32.1 Å². The monoisotopic (exact) mass is 293 g/mol. The molecule has 2 saturated heterocycles. The largest absolute Gasteiger partial charge is 0.339 e. The van der Waals surface area contributed by atoms with E-state index in [0.29, 0.717) is 5.92 Å². The fourth-order valence-corrected chi connectivity index (χ4v) is 3.20. The van der Waals surface area contributed by atoms with Crippen LogP contribution in [0.5, 0.6) is 0 Å². The van der Waals surface area contributed by atoms with Crippen LogP contribution < -0.4 is 0 Å². The first-order valence-electron chi connectivity index (χ1n) is 8.20. The molecular weight excluding hydrogens is 266 g/mol. The highest BCUT2D eigenvalue weighted by atomic mass is 16.5. The van der Waals surface area contributed by atoms with Gasteiger partial charge in [-0.15, -0.1) is 0 Å². The summed E-state index contributed by atoms with van der Waals surface area (Å²) in [6, 6.07) is 0. The summed E-state index contributed by atoms with van der Waals surface area (Å²) in [5, 5.41) is 4.19. The normalized spacial score (nSPS) is 23.7. The predicted molar refractivity (Wildman–Crippen MR) is 81.2 cm³/mol. The summed E-state index contributed by atoms with van der Waals surface area (Å²) in [7, 11) is 2.17. The number of hydrogen-bond donors (Lipinski definition) is 0. The van der Waals surface area contributed by atoms with Crippen molar-refractivity contribution in [2.45, 2.75) is 32.2 Å². The Labute approximate surface area is 127 Å². The van der Waals surface area contributed by atoms with E-state index in [9.17, 15) is 0 Å². The minimum absolute atomic E-state index is 0.460. The first-order chi connectivity index (χ1) is 10.2. The highest BCUT2D eigenvalue weighted by molar-refractivity contribution is 4.97. The molecule has 0 atom stereocenters. The summed E-state index contributed by atoms with van der Waals surface area (Å²) in [6.45, 7) is 10.9. The number of nitrogens with zero attached hydrogens (tertiary/aromatic N) is 5. The van der Waals surface area contributed by atoms with E-state index in [1.165, 1.54) is 0 Å². The third-order valence-corrected chi connectivity index (χ3v) is 4.83. The molecule has 6 heteroatoms. The first kappa shape index (κ1) is 14.9. The lowest BCUT2D eigenvalue weighted by Gasteiger charge is -2.31. The van der Waals surface area contributed by atoms with Crippen molar-refractivity contribution in [3.8, 4) is 0 Å². The molecule has 3 heterocycles. The highest BCUT2D eigenvalue weighted by Gasteiger charge is 2.25. The van der Waals surface area contributed by atoms with Crippen LogP contribution in [0.3, 0.4) is 0 Å². The molecule has 1 aromatic heterocycles. The van der Waals surface area contributed by atoms with Gasteiger partial charge in [0.15, 0.2) is 5.82 Å². The van der Waals surface area contributed by atoms with Crippen molar-refractivity contribution in [3.63, 3.8) is 0 Å². The molecule has 118 valence electrons. The van der Waals surface area contributed by atoms with Crippen molar-refractivity contribution in [2.75, 3.05) is 52.9 Å². The standard InChI is InChI=1S/C15H27N5O/c1-3-19-6-4-13(5-7-19)15-16-14(17-21-15)12-20-10-8-18(2)9-11-20/h13H,3-12H2,1-2H3. The number of likely N-dealkylation sites (N-methyl/N-ethyl adjacent to an activating group) is 1. The van der Waals surface area contributed by atoms with Crippen LogP contribution in [-0.4, -0.2) is 77.7 Å². The van der Waals surface area contributed by atoms with Crippen LogP contribution in [0, 0.1) is 0 Å². The molecule has 1 aromatic rings. The molecular formula is C15H27N5O. The van der Waals surface area contributed by atoms with Crippen LogP contribution in [0.4, 0.5) is 0 Å². The summed E-state index contributed by atoms with van der Waals surface area (Å²) in [4.78, 5) is 11.9. The molecule has 0 unspecified atom stereocenters. The SMILES string of the molecule is CCN1CCC(c2nc(CN3CCN(C)CC3)no2)CC1. The van der Waals surface area contributed by atoms with E-state index in [2.05, 4.69) is 38.8 Å². The molecule has 0 bridgehead atoms. The molecule has 2 aliphatic heterocycles. The molecule has 0 aliphatic carbocycles. The topological polar surface area (TPSA) is 48.6 Å². The summed E-state index contributed by atoms with van der Waals surface area (Å²) in [5.74, 6) is 2.17. The van der Waals surface area contributed by atoms with Crippen molar-refractivity contribution < 1.29 is 4.52 Å². The minimum Gasteiger partial charge on any atom is -0.339 e.